The molecule has 2 amide bonds. The summed E-state index contributed by atoms with van der Waals surface area (Å²) in [5, 5.41) is 2.97. The largest absolute Gasteiger partial charge is 0.444 e. The van der Waals surface area contributed by atoms with Crippen LogP contribution in [0.5, 0.6) is 0 Å². The van der Waals surface area contributed by atoms with E-state index in [4.69, 9.17) is 4.42 Å². The number of aromatic nitrogens is 1. The number of urea groups is 1. The van der Waals surface area contributed by atoms with E-state index in [2.05, 4.69) is 15.2 Å². The number of halogens is 3. The molecule has 0 spiro atoms. The Labute approximate surface area is 212 Å². The van der Waals surface area contributed by atoms with Gasteiger partial charge in [0, 0.05) is 30.9 Å². The first-order valence-electron chi connectivity index (χ1n) is 11.8. The zero-order chi connectivity index (χ0) is 26.2. The Morgan fingerprint density at radius 3 is 2.51 bits per heavy atom. The van der Waals surface area contributed by atoms with Crippen LogP contribution in [0.2, 0.25) is 0 Å². The van der Waals surface area contributed by atoms with Crippen molar-refractivity contribution in [1.82, 2.24) is 4.98 Å². The van der Waals surface area contributed by atoms with Crippen LogP contribution in [0.15, 0.2) is 83.7 Å². The molecule has 1 aliphatic rings. The first-order valence-corrected chi connectivity index (χ1v) is 11.8. The van der Waals surface area contributed by atoms with Crippen molar-refractivity contribution < 1.29 is 22.4 Å². The van der Waals surface area contributed by atoms with Gasteiger partial charge >= 0.3 is 12.2 Å². The number of carbonyl (C=O) groups excluding carboxylic acids is 1. The van der Waals surface area contributed by atoms with Gasteiger partial charge in [-0.2, -0.15) is 13.2 Å². The number of oxazole rings is 1. The van der Waals surface area contributed by atoms with Gasteiger partial charge in [-0.05, 0) is 60.9 Å². The molecule has 9 heteroatoms. The molecule has 4 aromatic rings. The fourth-order valence-corrected chi connectivity index (χ4v) is 4.56. The predicted molar refractivity (Wildman–Crippen MR) is 138 cm³/mol. The number of benzene rings is 3. The highest BCUT2D eigenvalue weighted by Gasteiger charge is 2.32. The van der Waals surface area contributed by atoms with E-state index in [1.165, 1.54) is 12.5 Å². The lowest BCUT2D eigenvalue weighted by molar-refractivity contribution is -0.137. The van der Waals surface area contributed by atoms with Crippen LogP contribution in [-0.4, -0.2) is 30.6 Å². The van der Waals surface area contributed by atoms with Crippen LogP contribution in [-0.2, 0) is 6.18 Å². The molecule has 0 unspecified atom stereocenters. The molecule has 1 N–H and O–H groups in total. The topological polar surface area (TPSA) is 61.6 Å². The maximum Gasteiger partial charge on any atom is 0.416 e. The summed E-state index contributed by atoms with van der Waals surface area (Å²) in [6.07, 6.45) is -0.785. The normalized spacial score (nSPS) is 15.8. The van der Waals surface area contributed by atoms with Crippen LogP contribution in [0.25, 0.3) is 22.5 Å². The number of hydrogen-bond acceptors (Lipinski definition) is 4. The average Bonchev–Trinajstić information content (AvgIpc) is 3.38. The molecule has 190 valence electrons. The van der Waals surface area contributed by atoms with Crippen molar-refractivity contribution in [2.24, 2.45) is 0 Å². The van der Waals surface area contributed by atoms with E-state index in [1.54, 1.807) is 41.4 Å². The molecule has 0 saturated carbocycles. The third-order valence-electron chi connectivity index (χ3n) is 6.54. The number of rotatable bonds is 3. The molecule has 3 aromatic carbocycles. The zero-order valence-corrected chi connectivity index (χ0v) is 20.3. The Balaban J connectivity index is 1.51. The van der Waals surface area contributed by atoms with Gasteiger partial charge in [-0.1, -0.05) is 30.3 Å². The molecule has 1 atom stereocenters. The highest BCUT2D eigenvalue weighted by Crippen LogP contribution is 2.39. The summed E-state index contributed by atoms with van der Waals surface area (Å²) in [5.41, 5.74) is 3.11. The molecule has 1 aliphatic heterocycles. The number of carbonyl (C=O) groups is 1. The maximum atomic E-state index is 13.6. The van der Waals surface area contributed by atoms with Crippen LogP contribution < -0.4 is 15.1 Å². The van der Waals surface area contributed by atoms with E-state index >= 15 is 0 Å². The Bertz CT molecular complexity index is 1420. The van der Waals surface area contributed by atoms with Gasteiger partial charge in [-0.25, -0.2) is 9.78 Å². The summed E-state index contributed by atoms with van der Waals surface area (Å²) < 4.78 is 45.3. The molecule has 2 heterocycles. The number of amides is 2. The van der Waals surface area contributed by atoms with E-state index in [9.17, 15) is 18.0 Å². The molecule has 1 aromatic heterocycles. The van der Waals surface area contributed by atoms with E-state index < -0.39 is 11.7 Å². The summed E-state index contributed by atoms with van der Waals surface area (Å²) in [7, 11) is 1.94. The van der Waals surface area contributed by atoms with Crippen molar-refractivity contribution >= 4 is 23.1 Å². The summed E-state index contributed by atoms with van der Waals surface area (Å²) in [5.74, 6) is 0.580. The Kier molecular flexibility index (Phi) is 6.37. The minimum absolute atomic E-state index is 0.155. The highest BCUT2D eigenvalue weighted by atomic mass is 19.4. The number of alkyl halides is 3. The van der Waals surface area contributed by atoms with Gasteiger partial charge in [0.15, 0.2) is 12.2 Å². The number of nitrogens with zero attached hydrogens (tertiary/aromatic N) is 3. The standard InChI is InChI=1S/C28H25F3N4O2/c1-18-11-12-34(2)24-10-9-20(19-5-3-7-22(13-19)28(29,30)31)15-25(24)35(18)27(36)33-23-8-4-6-21(14-23)26-16-32-17-37-26/h3-10,13-18H,11-12H2,1-2H3,(H,33,36)/t18-/m1/s1. The van der Waals surface area contributed by atoms with Gasteiger partial charge in [0.1, 0.15) is 0 Å². The van der Waals surface area contributed by atoms with Gasteiger partial charge in [-0.15, -0.1) is 0 Å². The zero-order valence-electron chi connectivity index (χ0n) is 20.3. The molecule has 6 nitrogen and oxygen atoms in total. The number of fused-ring (bicyclic) bond motifs is 1. The molecular formula is C28H25F3N4O2. The van der Waals surface area contributed by atoms with Gasteiger partial charge in [0.25, 0.3) is 0 Å². The van der Waals surface area contributed by atoms with Crippen LogP contribution in [0.1, 0.15) is 18.9 Å². The van der Waals surface area contributed by atoms with Gasteiger partial charge < -0.3 is 14.6 Å². The lowest BCUT2D eigenvalue weighted by Gasteiger charge is -2.29. The first kappa shape index (κ1) is 24.4. The lowest BCUT2D eigenvalue weighted by Crippen LogP contribution is -2.41. The quantitative estimate of drug-likeness (QED) is 0.317. The van der Waals surface area contributed by atoms with E-state index in [0.29, 0.717) is 28.3 Å². The minimum Gasteiger partial charge on any atom is -0.444 e. The monoisotopic (exact) mass is 506 g/mol. The Hall–Kier alpha value is -4.27. The summed E-state index contributed by atoms with van der Waals surface area (Å²) in [6.45, 7) is 2.69. The minimum atomic E-state index is -4.44. The van der Waals surface area contributed by atoms with Gasteiger partial charge in [0.05, 0.1) is 23.1 Å². The number of nitrogens with one attached hydrogen (secondary N) is 1. The molecule has 5 rings (SSSR count). The van der Waals surface area contributed by atoms with Crippen molar-refractivity contribution in [3.05, 3.63) is 84.9 Å². The second-order valence-electron chi connectivity index (χ2n) is 9.09. The van der Waals surface area contributed by atoms with Crippen molar-refractivity contribution in [3.63, 3.8) is 0 Å². The molecule has 0 saturated heterocycles. The third-order valence-corrected chi connectivity index (χ3v) is 6.54. The average molecular weight is 507 g/mol. The maximum absolute atomic E-state index is 13.6. The van der Waals surface area contributed by atoms with Gasteiger partial charge in [0.2, 0.25) is 0 Å². The Morgan fingerprint density at radius 1 is 1.00 bits per heavy atom. The fraction of sp³-hybridized carbons (Fsp3) is 0.214. The molecule has 37 heavy (non-hydrogen) atoms. The Morgan fingerprint density at radius 2 is 1.76 bits per heavy atom. The van der Waals surface area contributed by atoms with Crippen LogP contribution in [0, 0.1) is 0 Å². The van der Waals surface area contributed by atoms with Crippen LogP contribution >= 0.6 is 0 Å². The second-order valence-corrected chi connectivity index (χ2v) is 9.09. The van der Waals surface area contributed by atoms with Gasteiger partial charge in [-0.3, -0.25) is 4.90 Å². The molecule has 0 fully saturated rings. The summed E-state index contributed by atoms with van der Waals surface area (Å²) in [4.78, 5) is 21.3. The van der Waals surface area contributed by atoms with Crippen molar-refractivity contribution in [3.8, 4) is 22.5 Å². The highest BCUT2D eigenvalue weighted by molar-refractivity contribution is 6.05. The van der Waals surface area contributed by atoms with E-state index in [0.717, 1.165) is 36.3 Å². The SMILES string of the molecule is C[C@@H]1CCN(C)c2ccc(-c3cccc(C(F)(F)F)c3)cc2N1C(=O)Nc1cccc(-c2cnco2)c1. The van der Waals surface area contributed by atoms with Crippen molar-refractivity contribution in [2.45, 2.75) is 25.6 Å². The summed E-state index contributed by atoms with van der Waals surface area (Å²) >= 11 is 0. The number of anilines is 3. The smallest absolute Gasteiger partial charge is 0.416 e. The predicted octanol–water partition coefficient (Wildman–Crippen LogP) is 7.29. The third kappa shape index (κ3) is 5.02. The second kappa shape index (κ2) is 9.65. The lowest BCUT2D eigenvalue weighted by atomic mass is 10.0. The van der Waals surface area contributed by atoms with E-state index in [-0.39, 0.29) is 12.1 Å². The van der Waals surface area contributed by atoms with Crippen LogP contribution in [0.3, 0.4) is 0 Å². The fourth-order valence-electron chi connectivity index (χ4n) is 4.56. The van der Waals surface area contributed by atoms with Crippen molar-refractivity contribution in [2.75, 3.05) is 28.7 Å². The molecule has 0 aliphatic carbocycles. The molecular weight excluding hydrogens is 481 g/mol. The van der Waals surface area contributed by atoms with E-state index in [1.807, 2.05) is 32.2 Å². The van der Waals surface area contributed by atoms with Crippen LogP contribution in [0.4, 0.5) is 35.0 Å². The molecule has 0 bridgehead atoms. The van der Waals surface area contributed by atoms with Crippen molar-refractivity contribution in [1.29, 1.82) is 0 Å². The first-order chi connectivity index (χ1) is 17.7. The summed E-state index contributed by atoms with van der Waals surface area (Å²) in [6, 6.07) is 17.4. The molecule has 0 radical (unpaired) electrons. The number of hydrogen-bond donors (Lipinski definition) is 1.